The maximum absolute atomic E-state index is 9.30. The molecule has 0 aliphatic heterocycles. The SMILES string of the molecule is CC(NCC(C)(C)c1cccs1)c1ccc(O)cc1. The molecular weight excluding hydrogens is 254 g/mol. The van der Waals surface area contributed by atoms with Crippen molar-refractivity contribution in [3.63, 3.8) is 0 Å². The quantitative estimate of drug-likeness (QED) is 0.861. The van der Waals surface area contributed by atoms with Gasteiger partial charge in [-0.1, -0.05) is 32.0 Å². The van der Waals surface area contributed by atoms with Crippen molar-refractivity contribution in [2.75, 3.05) is 6.54 Å². The standard InChI is InChI=1S/C16H21NOS/c1-12(13-6-8-14(18)9-7-13)17-11-16(2,3)15-5-4-10-19-15/h4-10,12,17-18H,11H2,1-3H3. The van der Waals surface area contributed by atoms with Crippen LogP contribution in [0.5, 0.6) is 5.75 Å². The van der Waals surface area contributed by atoms with Gasteiger partial charge in [0, 0.05) is 22.9 Å². The van der Waals surface area contributed by atoms with Crippen LogP contribution in [0, 0.1) is 0 Å². The molecule has 1 atom stereocenters. The van der Waals surface area contributed by atoms with E-state index in [2.05, 4.69) is 43.6 Å². The fraction of sp³-hybridized carbons (Fsp3) is 0.375. The minimum absolute atomic E-state index is 0.138. The van der Waals surface area contributed by atoms with Crippen LogP contribution >= 0.6 is 11.3 Å². The van der Waals surface area contributed by atoms with Gasteiger partial charge in [0.2, 0.25) is 0 Å². The van der Waals surface area contributed by atoms with Crippen LogP contribution in [0.3, 0.4) is 0 Å². The van der Waals surface area contributed by atoms with Crippen molar-refractivity contribution in [2.24, 2.45) is 0 Å². The first-order chi connectivity index (χ1) is 8.99. The molecule has 3 heteroatoms. The van der Waals surface area contributed by atoms with Crippen LogP contribution in [0.2, 0.25) is 0 Å². The first-order valence-corrected chi connectivity index (χ1v) is 7.43. The Morgan fingerprint density at radius 1 is 1.21 bits per heavy atom. The van der Waals surface area contributed by atoms with Gasteiger partial charge < -0.3 is 10.4 Å². The largest absolute Gasteiger partial charge is 0.508 e. The summed E-state index contributed by atoms with van der Waals surface area (Å²) >= 11 is 1.81. The minimum atomic E-state index is 0.138. The summed E-state index contributed by atoms with van der Waals surface area (Å²) in [7, 11) is 0. The zero-order valence-electron chi connectivity index (χ0n) is 11.7. The van der Waals surface area contributed by atoms with Gasteiger partial charge in [0.25, 0.3) is 0 Å². The minimum Gasteiger partial charge on any atom is -0.508 e. The number of phenolic OH excluding ortho intramolecular Hbond substituents is 1. The third-order valence-electron chi connectivity index (χ3n) is 3.43. The zero-order valence-corrected chi connectivity index (χ0v) is 12.5. The van der Waals surface area contributed by atoms with E-state index in [0.29, 0.717) is 5.75 Å². The molecule has 1 aromatic carbocycles. The number of thiophene rings is 1. The zero-order chi connectivity index (χ0) is 13.9. The van der Waals surface area contributed by atoms with Crippen LogP contribution in [0.4, 0.5) is 0 Å². The molecule has 2 rings (SSSR count). The summed E-state index contributed by atoms with van der Waals surface area (Å²) in [6, 6.07) is 12.0. The summed E-state index contributed by atoms with van der Waals surface area (Å²) in [6.07, 6.45) is 0. The average molecular weight is 275 g/mol. The Labute approximate surface area is 119 Å². The molecule has 0 aliphatic carbocycles. The van der Waals surface area contributed by atoms with E-state index in [0.717, 1.165) is 6.54 Å². The third-order valence-corrected chi connectivity index (χ3v) is 4.67. The summed E-state index contributed by atoms with van der Waals surface area (Å²) in [5.41, 5.74) is 1.33. The van der Waals surface area contributed by atoms with Gasteiger partial charge in [-0.15, -0.1) is 11.3 Å². The van der Waals surface area contributed by atoms with Crippen molar-refractivity contribution in [3.8, 4) is 5.75 Å². The fourth-order valence-corrected chi connectivity index (χ4v) is 2.89. The summed E-state index contributed by atoms with van der Waals surface area (Å²) < 4.78 is 0. The van der Waals surface area contributed by atoms with E-state index < -0.39 is 0 Å². The Kier molecular flexibility index (Phi) is 4.27. The average Bonchev–Trinajstić information content (AvgIpc) is 2.91. The monoisotopic (exact) mass is 275 g/mol. The molecule has 19 heavy (non-hydrogen) atoms. The van der Waals surface area contributed by atoms with Crippen LogP contribution in [-0.2, 0) is 5.41 Å². The highest BCUT2D eigenvalue weighted by Crippen LogP contribution is 2.27. The highest BCUT2D eigenvalue weighted by atomic mass is 32.1. The summed E-state index contributed by atoms with van der Waals surface area (Å²) in [6.45, 7) is 7.59. The lowest BCUT2D eigenvalue weighted by atomic mass is 9.91. The lowest BCUT2D eigenvalue weighted by Gasteiger charge is -2.26. The molecule has 2 N–H and O–H groups in total. The Balaban J connectivity index is 1.97. The molecule has 0 bridgehead atoms. The van der Waals surface area contributed by atoms with Gasteiger partial charge in [0.1, 0.15) is 5.75 Å². The van der Waals surface area contributed by atoms with Gasteiger partial charge >= 0.3 is 0 Å². The van der Waals surface area contributed by atoms with Crippen molar-refractivity contribution in [1.29, 1.82) is 0 Å². The Morgan fingerprint density at radius 2 is 1.89 bits per heavy atom. The van der Waals surface area contributed by atoms with Gasteiger partial charge in [-0.3, -0.25) is 0 Å². The van der Waals surface area contributed by atoms with E-state index in [-0.39, 0.29) is 11.5 Å². The first kappa shape index (κ1) is 14.1. The van der Waals surface area contributed by atoms with Gasteiger partial charge in [0.05, 0.1) is 0 Å². The maximum Gasteiger partial charge on any atom is 0.115 e. The molecule has 0 saturated heterocycles. The van der Waals surface area contributed by atoms with E-state index >= 15 is 0 Å². The molecule has 1 aromatic heterocycles. The number of rotatable bonds is 5. The number of phenols is 1. The molecule has 1 heterocycles. The van der Waals surface area contributed by atoms with Crippen molar-refractivity contribution in [2.45, 2.75) is 32.2 Å². The highest BCUT2D eigenvalue weighted by molar-refractivity contribution is 7.10. The van der Waals surface area contributed by atoms with E-state index in [1.165, 1.54) is 10.4 Å². The van der Waals surface area contributed by atoms with E-state index in [1.807, 2.05) is 12.1 Å². The predicted octanol–water partition coefficient (Wildman–Crippen LogP) is 4.08. The molecule has 1 unspecified atom stereocenters. The number of aromatic hydroxyl groups is 1. The number of nitrogens with one attached hydrogen (secondary N) is 1. The highest BCUT2D eigenvalue weighted by Gasteiger charge is 2.22. The van der Waals surface area contributed by atoms with Crippen LogP contribution in [0.1, 0.15) is 37.3 Å². The van der Waals surface area contributed by atoms with Crippen LogP contribution in [0.25, 0.3) is 0 Å². The number of hydrogen-bond donors (Lipinski definition) is 2. The molecule has 0 aliphatic rings. The van der Waals surface area contributed by atoms with Crippen molar-refractivity contribution >= 4 is 11.3 Å². The van der Waals surface area contributed by atoms with Gasteiger partial charge in [-0.25, -0.2) is 0 Å². The van der Waals surface area contributed by atoms with Gasteiger partial charge in [-0.2, -0.15) is 0 Å². The Morgan fingerprint density at radius 3 is 2.47 bits per heavy atom. The molecule has 2 aromatic rings. The summed E-state index contributed by atoms with van der Waals surface area (Å²) in [5, 5.41) is 15.0. The fourth-order valence-electron chi connectivity index (χ4n) is 2.04. The number of hydrogen-bond acceptors (Lipinski definition) is 3. The van der Waals surface area contributed by atoms with E-state index in [1.54, 1.807) is 23.5 Å². The smallest absolute Gasteiger partial charge is 0.115 e. The molecular formula is C16H21NOS. The van der Waals surface area contributed by atoms with E-state index in [4.69, 9.17) is 0 Å². The lowest BCUT2D eigenvalue weighted by molar-refractivity contribution is 0.440. The van der Waals surface area contributed by atoms with Gasteiger partial charge in [0.15, 0.2) is 0 Å². The third kappa shape index (κ3) is 3.58. The Bertz CT molecular complexity index is 502. The van der Waals surface area contributed by atoms with E-state index in [9.17, 15) is 5.11 Å². The van der Waals surface area contributed by atoms with Crippen molar-refractivity contribution in [1.82, 2.24) is 5.32 Å². The molecule has 102 valence electrons. The molecule has 0 radical (unpaired) electrons. The summed E-state index contributed by atoms with van der Waals surface area (Å²) in [4.78, 5) is 1.40. The second-order valence-corrected chi connectivity index (χ2v) is 6.50. The molecule has 0 saturated carbocycles. The summed E-state index contributed by atoms with van der Waals surface area (Å²) in [5.74, 6) is 0.315. The first-order valence-electron chi connectivity index (χ1n) is 6.55. The van der Waals surface area contributed by atoms with Crippen LogP contribution < -0.4 is 5.32 Å². The molecule has 0 fully saturated rings. The normalized spacial score (nSPS) is 13.4. The second kappa shape index (κ2) is 5.76. The molecule has 0 amide bonds. The maximum atomic E-state index is 9.30. The molecule has 2 nitrogen and oxygen atoms in total. The van der Waals surface area contributed by atoms with Crippen LogP contribution in [-0.4, -0.2) is 11.7 Å². The van der Waals surface area contributed by atoms with Gasteiger partial charge in [-0.05, 0) is 36.1 Å². The van der Waals surface area contributed by atoms with Crippen molar-refractivity contribution in [3.05, 3.63) is 52.2 Å². The lowest BCUT2D eigenvalue weighted by Crippen LogP contribution is -2.33. The predicted molar refractivity (Wildman–Crippen MR) is 81.9 cm³/mol. The molecule has 0 spiro atoms. The second-order valence-electron chi connectivity index (χ2n) is 5.56. The van der Waals surface area contributed by atoms with Crippen LogP contribution in [0.15, 0.2) is 41.8 Å². The topological polar surface area (TPSA) is 32.3 Å². The Hall–Kier alpha value is -1.32. The number of benzene rings is 1. The van der Waals surface area contributed by atoms with Crippen molar-refractivity contribution < 1.29 is 5.11 Å².